The zero-order valence-electron chi connectivity index (χ0n) is 11.1. The summed E-state index contributed by atoms with van der Waals surface area (Å²) in [6.07, 6.45) is 0. The predicted octanol–water partition coefficient (Wildman–Crippen LogP) is 3.59. The molecule has 0 aromatic carbocycles. The number of aromatic carboxylic acids is 1. The Kier molecular flexibility index (Phi) is 3.95. The molecular formula is C14H15NO3S. The van der Waals surface area contributed by atoms with Crippen molar-refractivity contribution in [3.63, 3.8) is 0 Å². The molecular weight excluding hydrogens is 262 g/mol. The molecule has 0 saturated heterocycles. The van der Waals surface area contributed by atoms with E-state index in [2.05, 4.69) is 4.98 Å². The van der Waals surface area contributed by atoms with Gasteiger partial charge in [-0.05, 0) is 44.5 Å². The summed E-state index contributed by atoms with van der Waals surface area (Å²) in [7, 11) is 0. The molecule has 0 bridgehead atoms. The minimum Gasteiger partial charge on any atom is -0.478 e. The number of aryl methyl sites for hydroxylation is 3. The fraction of sp³-hybridized carbons (Fsp3) is 0.286. The highest BCUT2D eigenvalue weighted by atomic mass is 32.2. The van der Waals surface area contributed by atoms with Gasteiger partial charge in [-0.1, -0.05) is 11.8 Å². The monoisotopic (exact) mass is 277 g/mol. The molecule has 4 nitrogen and oxygen atoms in total. The second-order valence-corrected chi connectivity index (χ2v) is 5.33. The molecule has 0 unspecified atom stereocenters. The highest BCUT2D eigenvalue weighted by molar-refractivity contribution is 7.98. The van der Waals surface area contributed by atoms with Crippen molar-refractivity contribution in [2.45, 2.75) is 31.6 Å². The summed E-state index contributed by atoms with van der Waals surface area (Å²) in [4.78, 5) is 15.6. The van der Waals surface area contributed by atoms with Gasteiger partial charge < -0.3 is 9.52 Å². The number of hydrogen-bond acceptors (Lipinski definition) is 4. The van der Waals surface area contributed by atoms with Crippen LogP contribution in [0, 0.1) is 20.8 Å². The number of carboxylic acids is 1. The number of hydrogen-bond donors (Lipinski definition) is 1. The molecule has 100 valence electrons. The number of carboxylic acid groups (broad SMARTS) is 1. The van der Waals surface area contributed by atoms with Crippen LogP contribution in [0.5, 0.6) is 0 Å². The number of aromatic nitrogens is 1. The third-order valence-electron chi connectivity index (χ3n) is 2.67. The van der Waals surface area contributed by atoms with Crippen LogP contribution in [-0.4, -0.2) is 16.1 Å². The standard InChI is InChI=1S/C14H15NO3S/c1-8-6-9(2)15-13(12(8)14(16)17)19-7-11-5-4-10(3)18-11/h4-6H,7H2,1-3H3,(H,16,17). The fourth-order valence-electron chi connectivity index (χ4n) is 1.87. The molecule has 0 atom stereocenters. The van der Waals surface area contributed by atoms with Crippen molar-refractivity contribution in [1.82, 2.24) is 4.98 Å². The Labute approximate surface area is 115 Å². The molecule has 0 aliphatic heterocycles. The van der Waals surface area contributed by atoms with Crippen molar-refractivity contribution in [2.75, 3.05) is 0 Å². The highest BCUT2D eigenvalue weighted by Gasteiger charge is 2.16. The van der Waals surface area contributed by atoms with E-state index >= 15 is 0 Å². The topological polar surface area (TPSA) is 63.3 Å². The van der Waals surface area contributed by atoms with Gasteiger partial charge in [0.05, 0.1) is 11.3 Å². The first-order valence-electron chi connectivity index (χ1n) is 5.87. The van der Waals surface area contributed by atoms with Gasteiger partial charge in [-0.25, -0.2) is 9.78 Å². The lowest BCUT2D eigenvalue weighted by molar-refractivity contribution is 0.0691. The molecule has 2 aromatic rings. The quantitative estimate of drug-likeness (QED) is 0.865. The lowest BCUT2D eigenvalue weighted by Crippen LogP contribution is -2.05. The van der Waals surface area contributed by atoms with Gasteiger partial charge in [0.2, 0.25) is 0 Å². The van der Waals surface area contributed by atoms with E-state index in [0.29, 0.717) is 10.8 Å². The first-order chi connectivity index (χ1) is 8.97. The van der Waals surface area contributed by atoms with Crippen LogP contribution in [0.3, 0.4) is 0 Å². The van der Waals surface area contributed by atoms with Crippen LogP contribution >= 0.6 is 11.8 Å². The van der Waals surface area contributed by atoms with Crippen LogP contribution in [0.15, 0.2) is 27.6 Å². The summed E-state index contributed by atoms with van der Waals surface area (Å²) in [5, 5.41) is 9.80. The lowest BCUT2D eigenvalue weighted by atomic mass is 10.1. The van der Waals surface area contributed by atoms with Crippen LogP contribution in [0.25, 0.3) is 0 Å². The number of thioether (sulfide) groups is 1. The summed E-state index contributed by atoms with van der Waals surface area (Å²) in [6, 6.07) is 5.57. The molecule has 5 heteroatoms. The average molecular weight is 277 g/mol. The third-order valence-corrected chi connectivity index (χ3v) is 3.67. The van der Waals surface area contributed by atoms with E-state index in [4.69, 9.17) is 4.42 Å². The Bertz CT molecular complexity index is 619. The molecule has 0 radical (unpaired) electrons. The zero-order valence-corrected chi connectivity index (χ0v) is 11.9. The molecule has 2 heterocycles. The van der Waals surface area contributed by atoms with Crippen LogP contribution in [-0.2, 0) is 5.75 Å². The molecule has 19 heavy (non-hydrogen) atoms. The maximum absolute atomic E-state index is 11.3. The van der Waals surface area contributed by atoms with Gasteiger partial charge in [-0.2, -0.15) is 0 Å². The van der Waals surface area contributed by atoms with Crippen molar-refractivity contribution in [3.8, 4) is 0 Å². The lowest BCUT2D eigenvalue weighted by Gasteiger charge is -2.08. The summed E-state index contributed by atoms with van der Waals surface area (Å²) in [5.41, 5.74) is 1.83. The Hall–Kier alpha value is -1.75. The number of carbonyl (C=O) groups is 1. The third kappa shape index (κ3) is 3.17. The summed E-state index contributed by atoms with van der Waals surface area (Å²) >= 11 is 1.38. The molecule has 0 aliphatic rings. The van der Waals surface area contributed by atoms with Crippen molar-refractivity contribution in [2.24, 2.45) is 0 Å². The van der Waals surface area contributed by atoms with E-state index < -0.39 is 5.97 Å². The second kappa shape index (κ2) is 5.48. The van der Waals surface area contributed by atoms with Crippen molar-refractivity contribution in [1.29, 1.82) is 0 Å². The van der Waals surface area contributed by atoms with E-state index in [1.165, 1.54) is 11.8 Å². The largest absolute Gasteiger partial charge is 0.478 e. The molecule has 0 fully saturated rings. The van der Waals surface area contributed by atoms with Gasteiger partial charge in [-0.3, -0.25) is 0 Å². The number of pyridine rings is 1. The summed E-state index contributed by atoms with van der Waals surface area (Å²) in [6.45, 7) is 5.53. The summed E-state index contributed by atoms with van der Waals surface area (Å²) in [5.74, 6) is 1.30. The molecule has 0 aliphatic carbocycles. The van der Waals surface area contributed by atoms with Gasteiger partial charge in [-0.15, -0.1) is 0 Å². The molecule has 2 rings (SSSR count). The first kappa shape index (κ1) is 13.7. The average Bonchev–Trinajstić information content (AvgIpc) is 2.71. The van der Waals surface area contributed by atoms with E-state index in [1.54, 1.807) is 13.0 Å². The van der Waals surface area contributed by atoms with Gasteiger partial charge in [0, 0.05) is 5.69 Å². The Morgan fingerprint density at radius 3 is 2.68 bits per heavy atom. The van der Waals surface area contributed by atoms with Gasteiger partial charge in [0.1, 0.15) is 16.5 Å². The molecule has 1 N–H and O–H groups in total. The first-order valence-corrected chi connectivity index (χ1v) is 6.85. The van der Waals surface area contributed by atoms with Crippen molar-refractivity contribution >= 4 is 17.7 Å². The van der Waals surface area contributed by atoms with E-state index in [9.17, 15) is 9.90 Å². The second-order valence-electron chi connectivity index (χ2n) is 4.37. The minimum atomic E-state index is -0.942. The Balaban J connectivity index is 2.26. The van der Waals surface area contributed by atoms with Gasteiger partial charge >= 0.3 is 5.97 Å². The SMILES string of the molecule is Cc1cc(C)c(C(=O)O)c(SCc2ccc(C)o2)n1. The number of rotatable bonds is 4. The molecule has 0 amide bonds. The predicted molar refractivity (Wildman–Crippen MR) is 73.7 cm³/mol. The number of furan rings is 1. The van der Waals surface area contributed by atoms with E-state index in [0.717, 1.165) is 22.8 Å². The summed E-state index contributed by atoms with van der Waals surface area (Å²) < 4.78 is 5.47. The van der Waals surface area contributed by atoms with Gasteiger partial charge in [0.25, 0.3) is 0 Å². The van der Waals surface area contributed by atoms with Crippen LogP contribution < -0.4 is 0 Å². The zero-order chi connectivity index (χ0) is 14.0. The maximum atomic E-state index is 11.3. The molecule has 0 saturated carbocycles. The normalized spacial score (nSPS) is 10.7. The van der Waals surface area contributed by atoms with Crippen LogP contribution in [0.1, 0.15) is 33.1 Å². The van der Waals surface area contributed by atoms with Crippen molar-refractivity contribution < 1.29 is 14.3 Å². The smallest absolute Gasteiger partial charge is 0.338 e. The Morgan fingerprint density at radius 2 is 2.11 bits per heavy atom. The molecule has 2 aromatic heterocycles. The van der Waals surface area contributed by atoms with Crippen LogP contribution in [0.2, 0.25) is 0 Å². The van der Waals surface area contributed by atoms with Crippen molar-refractivity contribution in [3.05, 3.63) is 46.5 Å². The maximum Gasteiger partial charge on any atom is 0.338 e. The minimum absolute atomic E-state index is 0.277. The van der Waals surface area contributed by atoms with Gasteiger partial charge in [0.15, 0.2) is 0 Å². The molecule has 0 spiro atoms. The van der Waals surface area contributed by atoms with E-state index in [-0.39, 0.29) is 5.56 Å². The highest BCUT2D eigenvalue weighted by Crippen LogP contribution is 2.27. The fourth-order valence-corrected chi connectivity index (χ4v) is 2.90. The Morgan fingerprint density at radius 1 is 1.37 bits per heavy atom. The number of nitrogens with zero attached hydrogens (tertiary/aromatic N) is 1. The van der Waals surface area contributed by atoms with E-state index in [1.807, 2.05) is 26.0 Å². The van der Waals surface area contributed by atoms with Crippen LogP contribution in [0.4, 0.5) is 0 Å².